The van der Waals surface area contributed by atoms with Crippen LogP contribution in [0.5, 0.6) is 0 Å². The van der Waals surface area contributed by atoms with Gasteiger partial charge in [-0.2, -0.15) is 4.37 Å². The van der Waals surface area contributed by atoms with Crippen molar-refractivity contribution in [2.45, 2.75) is 18.9 Å². The number of nitrogens with zero attached hydrogens (tertiary/aromatic N) is 1. The summed E-state index contributed by atoms with van der Waals surface area (Å²) >= 11 is 1.41. The number of aliphatic hydroxyl groups is 1. The number of carbonyl (C=O) groups is 1. The Hall–Kier alpha value is -1.72. The molecule has 94 valence electrons. The number of carboxylic acids is 1. The molecule has 0 fully saturated rings. The number of benzene rings is 1. The Morgan fingerprint density at radius 2 is 2.00 bits per heavy atom. The van der Waals surface area contributed by atoms with Crippen LogP contribution in [0.4, 0.5) is 0 Å². The lowest BCUT2D eigenvalue weighted by atomic mass is 10.0. The first kappa shape index (κ1) is 12.7. The highest BCUT2D eigenvalue weighted by molar-refractivity contribution is 7.03. The first-order valence-electron chi connectivity index (χ1n) is 5.57. The van der Waals surface area contributed by atoms with Crippen LogP contribution < -0.4 is 0 Å². The fraction of sp³-hybridized carbons (Fsp3) is 0.231. The molecule has 0 aliphatic carbocycles. The first-order valence-corrected chi connectivity index (χ1v) is 6.41. The molecule has 0 amide bonds. The van der Waals surface area contributed by atoms with E-state index in [1.807, 2.05) is 35.7 Å². The van der Waals surface area contributed by atoms with E-state index in [-0.39, 0.29) is 6.42 Å². The van der Waals surface area contributed by atoms with Crippen LogP contribution in [-0.2, 0) is 11.2 Å². The monoisotopic (exact) mass is 263 g/mol. The summed E-state index contributed by atoms with van der Waals surface area (Å²) in [5.74, 6) is -1.17. The number of carboxylic acid groups (broad SMARTS) is 1. The second kappa shape index (κ2) is 5.75. The van der Waals surface area contributed by atoms with Gasteiger partial charge < -0.3 is 10.2 Å². The molecule has 1 aromatic carbocycles. The van der Waals surface area contributed by atoms with Gasteiger partial charge in [0.05, 0.1) is 5.69 Å². The molecular weight excluding hydrogens is 250 g/mol. The molecule has 1 heterocycles. The highest BCUT2D eigenvalue weighted by Crippen LogP contribution is 2.19. The van der Waals surface area contributed by atoms with E-state index in [9.17, 15) is 9.90 Å². The van der Waals surface area contributed by atoms with Crippen LogP contribution in [0.3, 0.4) is 0 Å². The zero-order valence-electron chi connectivity index (χ0n) is 9.61. The van der Waals surface area contributed by atoms with E-state index in [4.69, 9.17) is 5.11 Å². The Bertz CT molecular complexity index is 508. The van der Waals surface area contributed by atoms with Crippen LogP contribution in [0.15, 0.2) is 35.7 Å². The number of aliphatic hydroxyl groups excluding tert-OH is 1. The lowest BCUT2D eigenvalue weighted by Crippen LogP contribution is -2.19. The minimum absolute atomic E-state index is 0.228. The number of hydrogen-bond donors (Lipinski definition) is 2. The van der Waals surface area contributed by atoms with Crippen molar-refractivity contribution in [3.63, 3.8) is 0 Å². The van der Waals surface area contributed by atoms with E-state index in [2.05, 4.69) is 4.37 Å². The minimum Gasteiger partial charge on any atom is -0.479 e. The van der Waals surface area contributed by atoms with Crippen molar-refractivity contribution in [3.05, 3.63) is 41.3 Å². The molecule has 2 N–H and O–H groups in total. The van der Waals surface area contributed by atoms with E-state index in [1.54, 1.807) is 0 Å². The van der Waals surface area contributed by atoms with Crippen molar-refractivity contribution in [3.8, 4) is 11.3 Å². The fourth-order valence-electron chi connectivity index (χ4n) is 1.63. The molecule has 5 heteroatoms. The largest absolute Gasteiger partial charge is 0.479 e. The number of rotatable bonds is 5. The Morgan fingerprint density at radius 3 is 2.56 bits per heavy atom. The lowest BCUT2D eigenvalue weighted by molar-refractivity contribution is -0.146. The summed E-state index contributed by atoms with van der Waals surface area (Å²) in [6, 6.07) is 9.73. The molecule has 1 atom stereocenters. The normalized spacial score (nSPS) is 12.3. The molecule has 0 bridgehead atoms. The van der Waals surface area contributed by atoms with Crippen molar-refractivity contribution in [1.29, 1.82) is 0 Å². The van der Waals surface area contributed by atoms with E-state index in [0.29, 0.717) is 6.42 Å². The SMILES string of the molecule is O=C(O)C(O)CCc1ccc(-c2ccsn2)cc1. The molecule has 2 rings (SSSR count). The van der Waals surface area contributed by atoms with Crippen LogP contribution in [0.25, 0.3) is 11.3 Å². The van der Waals surface area contributed by atoms with Gasteiger partial charge in [-0.25, -0.2) is 4.79 Å². The topological polar surface area (TPSA) is 70.4 Å². The van der Waals surface area contributed by atoms with E-state index in [1.165, 1.54) is 11.5 Å². The van der Waals surface area contributed by atoms with Crippen molar-refractivity contribution in [2.24, 2.45) is 0 Å². The molecular formula is C13H13NO3S. The predicted octanol–water partition coefficient (Wildman–Crippen LogP) is 2.19. The third-order valence-electron chi connectivity index (χ3n) is 2.68. The van der Waals surface area contributed by atoms with Crippen LogP contribution >= 0.6 is 11.5 Å². The van der Waals surface area contributed by atoms with Gasteiger partial charge in [0.25, 0.3) is 0 Å². The molecule has 18 heavy (non-hydrogen) atoms. The summed E-state index contributed by atoms with van der Waals surface area (Å²) in [5.41, 5.74) is 2.99. The maximum Gasteiger partial charge on any atom is 0.332 e. The van der Waals surface area contributed by atoms with E-state index >= 15 is 0 Å². The van der Waals surface area contributed by atoms with E-state index in [0.717, 1.165) is 16.8 Å². The van der Waals surface area contributed by atoms with Crippen LogP contribution in [0.1, 0.15) is 12.0 Å². The summed E-state index contributed by atoms with van der Waals surface area (Å²) < 4.78 is 4.24. The van der Waals surface area contributed by atoms with Crippen LogP contribution in [0, 0.1) is 0 Å². The summed E-state index contributed by atoms with van der Waals surface area (Å²) in [6.07, 6.45) is -0.515. The Balaban J connectivity index is 1.98. The molecule has 0 aliphatic heterocycles. The van der Waals surface area contributed by atoms with Gasteiger partial charge >= 0.3 is 5.97 Å². The molecule has 2 aromatic rings. The zero-order valence-corrected chi connectivity index (χ0v) is 10.4. The second-order valence-electron chi connectivity index (χ2n) is 3.97. The predicted molar refractivity (Wildman–Crippen MR) is 69.5 cm³/mol. The van der Waals surface area contributed by atoms with Crippen molar-refractivity contribution >= 4 is 17.5 Å². The maximum absolute atomic E-state index is 10.5. The molecule has 1 unspecified atom stereocenters. The smallest absolute Gasteiger partial charge is 0.332 e. The van der Waals surface area contributed by atoms with Gasteiger partial charge in [0.2, 0.25) is 0 Å². The van der Waals surface area contributed by atoms with Gasteiger partial charge in [-0.3, -0.25) is 0 Å². The summed E-state index contributed by atoms with van der Waals surface area (Å²) in [6.45, 7) is 0. The third kappa shape index (κ3) is 3.15. The standard InChI is InChI=1S/C13H13NO3S/c15-12(13(16)17)6-3-9-1-4-10(5-2-9)11-7-8-18-14-11/h1-2,4-5,7-8,12,15H,3,6H2,(H,16,17). The quantitative estimate of drug-likeness (QED) is 0.867. The third-order valence-corrected chi connectivity index (χ3v) is 3.24. The average molecular weight is 263 g/mol. The molecule has 1 aromatic heterocycles. The Labute approximate surface area is 109 Å². The summed E-state index contributed by atoms with van der Waals surface area (Å²) in [7, 11) is 0. The van der Waals surface area contributed by atoms with Gasteiger partial charge in [0, 0.05) is 10.9 Å². The maximum atomic E-state index is 10.5. The number of hydrogen-bond acceptors (Lipinski definition) is 4. The van der Waals surface area contributed by atoms with Gasteiger partial charge in [-0.05, 0) is 36.0 Å². The lowest BCUT2D eigenvalue weighted by Gasteiger charge is -2.05. The molecule has 0 radical (unpaired) electrons. The molecule has 0 saturated carbocycles. The molecule has 0 spiro atoms. The number of aromatic nitrogens is 1. The van der Waals surface area contributed by atoms with Crippen molar-refractivity contribution < 1.29 is 15.0 Å². The van der Waals surface area contributed by atoms with Gasteiger partial charge in [-0.1, -0.05) is 24.3 Å². The van der Waals surface area contributed by atoms with Crippen molar-refractivity contribution in [2.75, 3.05) is 0 Å². The fourth-order valence-corrected chi connectivity index (χ4v) is 2.16. The zero-order chi connectivity index (χ0) is 13.0. The molecule has 4 nitrogen and oxygen atoms in total. The molecule has 0 aliphatic rings. The van der Waals surface area contributed by atoms with E-state index < -0.39 is 12.1 Å². The Kier molecular flexibility index (Phi) is 4.07. The first-order chi connectivity index (χ1) is 8.66. The van der Waals surface area contributed by atoms with Crippen LogP contribution in [0.2, 0.25) is 0 Å². The summed E-state index contributed by atoms with van der Waals surface area (Å²) in [5, 5.41) is 19.7. The van der Waals surface area contributed by atoms with Crippen LogP contribution in [-0.4, -0.2) is 26.7 Å². The molecule has 0 saturated heterocycles. The highest BCUT2D eigenvalue weighted by Gasteiger charge is 2.12. The summed E-state index contributed by atoms with van der Waals surface area (Å²) in [4.78, 5) is 10.5. The number of aryl methyl sites for hydroxylation is 1. The second-order valence-corrected chi connectivity index (χ2v) is 4.64. The highest BCUT2D eigenvalue weighted by atomic mass is 32.1. The Morgan fingerprint density at radius 1 is 1.28 bits per heavy atom. The minimum atomic E-state index is -1.29. The number of aliphatic carboxylic acids is 1. The van der Waals surface area contributed by atoms with Gasteiger partial charge in [-0.15, -0.1) is 0 Å². The van der Waals surface area contributed by atoms with Crippen molar-refractivity contribution in [1.82, 2.24) is 4.37 Å². The van der Waals surface area contributed by atoms with Gasteiger partial charge in [0.15, 0.2) is 6.10 Å². The average Bonchev–Trinajstić information content (AvgIpc) is 2.90. The van der Waals surface area contributed by atoms with Gasteiger partial charge in [0.1, 0.15) is 0 Å².